The highest BCUT2D eigenvalue weighted by Crippen LogP contribution is 2.39. The van der Waals surface area contributed by atoms with Crippen molar-refractivity contribution in [2.75, 3.05) is 13.1 Å². The molecule has 0 atom stereocenters. The quantitative estimate of drug-likeness (QED) is 0.355. The normalized spacial score (nSPS) is 14.6. The van der Waals surface area contributed by atoms with Crippen LogP contribution in [0.15, 0.2) is 42.6 Å². The van der Waals surface area contributed by atoms with E-state index in [1.165, 1.54) is 10.6 Å². The summed E-state index contributed by atoms with van der Waals surface area (Å²) in [4.78, 5) is 13.3. The van der Waals surface area contributed by atoms with Gasteiger partial charge in [-0.05, 0) is 67.0 Å². The number of fused-ring (bicyclic) bond motifs is 1. The van der Waals surface area contributed by atoms with Gasteiger partial charge in [0, 0.05) is 49.7 Å². The van der Waals surface area contributed by atoms with Gasteiger partial charge in [-0.25, -0.2) is 4.57 Å². The molecule has 1 saturated heterocycles. The third-order valence-corrected chi connectivity index (χ3v) is 7.41. The van der Waals surface area contributed by atoms with Crippen molar-refractivity contribution in [3.8, 4) is 34.6 Å². The van der Waals surface area contributed by atoms with E-state index < -0.39 is 0 Å². The first kappa shape index (κ1) is 24.7. The number of carbonyl (C=O) groups excluding carboxylic acids is 1. The first-order valence-corrected chi connectivity index (χ1v) is 12.6. The minimum atomic E-state index is -0.292. The van der Waals surface area contributed by atoms with Gasteiger partial charge in [0.1, 0.15) is 11.5 Å². The molecule has 2 aromatic carbocycles. The van der Waals surface area contributed by atoms with E-state index in [-0.39, 0.29) is 35.2 Å². The summed E-state index contributed by atoms with van der Waals surface area (Å²) in [7, 11) is 0. The molecule has 0 spiro atoms. The van der Waals surface area contributed by atoms with Crippen molar-refractivity contribution in [1.82, 2.24) is 24.2 Å². The van der Waals surface area contributed by atoms with Crippen molar-refractivity contribution in [2.24, 2.45) is 5.92 Å². The van der Waals surface area contributed by atoms with Crippen LogP contribution in [-0.2, 0) is 11.3 Å². The number of amides is 1. The molecular formula is C28H32N5O4. The topological polar surface area (TPSA) is 117 Å². The van der Waals surface area contributed by atoms with Gasteiger partial charge in [0.2, 0.25) is 5.91 Å². The Morgan fingerprint density at radius 2 is 1.81 bits per heavy atom. The van der Waals surface area contributed by atoms with E-state index in [2.05, 4.69) is 27.9 Å². The van der Waals surface area contributed by atoms with Crippen LogP contribution >= 0.6 is 0 Å². The molecule has 3 N–H and O–H groups in total. The largest absolute Gasteiger partial charge is 0.508 e. The second-order valence-corrected chi connectivity index (χ2v) is 10.1. The maximum atomic E-state index is 11.5. The van der Waals surface area contributed by atoms with Crippen molar-refractivity contribution >= 4 is 16.8 Å². The molecule has 0 bridgehead atoms. The van der Waals surface area contributed by atoms with E-state index in [9.17, 15) is 20.1 Å². The Morgan fingerprint density at radius 1 is 1.05 bits per heavy atom. The molecule has 1 fully saturated rings. The fraction of sp³-hybridized carbons (Fsp3) is 0.357. The summed E-state index contributed by atoms with van der Waals surface area (Å²) in [6.07, 6.45) is 5.11. The minimum absolute atomic E-state index is 0.00992. The molecule has 1 aliphatic heterocycles. The van der Waals surface area contributed by atoms with Crippen LogP contribution in [0.4, 0.5) is 0 Å². The van der Waals surface area contributed by atoms with Gasteiger partial charge in [0.15, 0.2) is 5.82 Å². The first-order chi connectivity index (χ1) is 17.7. The van der Waals surface area contributed by atoms with Gasteiger partial charge in [0.05, 0.1) is 11.3 Å². The number of phenols is 2. The number of benzene rings is 2. The monoisotopic (exact) mass is 502 g/mol. The lowest BCUT2D eigenvalue weighted by Crippen LogP contribution is -2.37. The SMILES string of the molecule is [CH2]C(=O)N1CCC(CCn2ccc3cc(-n4c(O)nnc4-c4cc(C(C)C)c(O)cc4O)ccc32)CC1. The lowest BCUT2D eigenvalue weighted by Gasteiger charge is -2.31. The Labute approximate surface area is 215 Å². The number of piperidine rings is 1. The lowest BCUT2D eigenvalue weighted by atomic mass is 9.93. The molecule has 2 aromatic heterocycles. The van der Waals surface area contributed by atoms with Gasteiger partial charge in [-0.2, -0.15) is 0 Å². The lowest BCUT2D eigenvalue weighted by molar-refractivity contribution is -0.127. The van der Waals surface area contributed by atoms with Gasteiger partial charge in [-0.3, -0.25) is 4.79 Å². The summed E-state index contributed by atoms with van der Waals surface area (Å²) in [5.41, 5.74) is 2.78. The molecule has 1 aliphatic rings. The van der Waals surface area contributed by atoms with E-state index in [1.807, 2.05) is 43.0 Å². The number of rotatable bonds is 6. The predicted octanol–water partition coefficient (Wildman–Crippen LogP) is 4.59. The molecular weight excluding hydrogens is 470 g/mol. The smallest absolute Gasteiger partial charge is 0.319 e. The fourth-order valence-corrected chi connectivity index (χ4v) is 5.24. The summed E-state index contributed by atoms with van der Waals surface area (Å²) in [6.45, 7) is 9.85. The molecule has 37 heavy (non-hydrogen) atoms. The van der Waals surface area contributed by atoms with E-state index >= 15 is 0 Å². The van der Waals surface area contributed by atoms with Crippen molar-refractivity contribution in [1.29, 1.82) is 0 Å². The van der Waals surface area contributed by atoms with Crippen LogP contribution in [0.2, 0.25) is 0 Å². The van der Waals surface area contributed by atoms with E-state index in [4.69, 9.17) is 0 Å². The van der Waals surface area contributed by atoms with Crippen LogP contribution in [0.1, 0.15) is 44.6 Å². The highest BCUT2D eigenvalue weighted by Gasteiger charge is 2.22. The van der Waals surface area contributed by atoms with Gasteiger partial charge in [-0.1, -0.05) is 18.9 Å². The highest BCUT2D eigenvalue weighted by atomic mass is 16.3. The molecule has 0 saturated carbocycles. The van der Waals surface area contributed by atoms with Crippen LogP contribution in [0, 0.1) is 12.8 Å². The minimum Gasteiger partial charge on any atom is -0.508 e. The highest BCUT2D eigenvalue weighted by molar-refractivity contribution is 5.83. The predicted molar refractivity (Wildman–Crippen MR) is 141 cm³/mol. The molecule has 1 amide bonds. The average molecular weight is 503 g/mol. The fourth-order valence-electron chi connectivity index (χ4n) is 5.24. The number of likely N-dealkylation sites (tertiary alicyclic amines) is 1. The van der Waals surface area contributed by atoms with Crippen molar-refractivity contribution in [2.45, 2.75) is 45.6 Å². The van der Waals surface area contributed by atoms with Crippen molar-refractivity contribution in [3.05, 3.63) is 55.1 Å². The molecule has 0 aliphatic carbocycles. The Balaban J connectivity index is 1.40. The zero-order chi connectivity index (χ0) is 26.3. The number of hydrogen-bond donors (Lipinski definition) is 3. The summed E-state index contributed by atoms with van der Waals surface area (Å²) >= 11 is 0. The van der Waals surface area contributed by atoms with Gasteiger partial charge >= 0.3 is 6.01 Å². The van der Waals surface area contributed by atoms with Crippen molar-refractivity contribution in [3.63, 3.8) is 0 Å². The van der Waals surface area contributed by atoms with E-state index in [0.717, 1.165) is 49.8 Å². The second-order valence-electron chi connectivity index (χ2n) is 10.1. The third-order valence-electron chi connectivity index (χ3n) is 7.41. The Kier molecular flexibility index (Phi) is 6.54. The van der Waals surface area contributed by atoms with Gasteiger partial charge in [0.25, 0.3) is 0 Å². The van der Waals surface area contributed by atoms with Gasteiger partial charge in [-0.15, -0.1) is 5.10 Å². The Bertz CT molecular complexity index is 1450. The summed E-state index contributed by atoms with van der Waals surface area (Å²) in [6, 6.07) is 10.6. The zero-order valence-corrected chi connectivity index (χ0v) is 21.1. The average Bonchev–Trinajstić information content (AvgIpc) is 3.45. The standard InChI is InChI=1S/C28H32N5O4/c1-17(2)22-15-23(26(36)16-25(22)35)27-29-30-28(37)33(27)21-4-5-24-20(14-21)9-13-32(24)12-8-19-6-10-31(11-7-19)18(3)34/h4-5,9,13-17,19,35-36H,3,6-8,10-12H2,1-2H3,(H,30,37). The number of aromatic hydroxyl groups is 3. The molecule has 9 nitrogen and oxygen atoms in total. The van der Waals surface area contributed by atoms with Crippen LogP contribution in [0.3, 0.4) is 0 Å². The number of aryl methyl sites for hydroxylation is 1. The van der Waals surface area contributed by atoms with Gasteiger partial charge < -0.3 is 24.8 Å². The maximum Gasteiger partial charge on any atom is 0.319 e. The number of nitrogens with zero attached hydrogens (tertiary/aromatic N) is 5. The van der Waals surface area contributed by atoms with Crippen LogP contribution in [0.25, 0.3) is 28.0 Å². The number of phenolic OH excluding ortho intramolecular Hbond substituents is 2. The molecule has 3 heterocycles. The number of aromatic nitrogens is 4. The van der Waals surface area contributed by atoms with Crippen LogP contribution in [0.5, 0.6) is 17.5 Å². The number of carbonyl (C=O) groups is 1. The zero-order valence-electron chi connectivity index (χ0n) is 21.1. The molecule has 1 radical (unpaired) electrons. The molecule has 5 rings (SSSR count). The van der Waals surface area contributed by atoms with Crippen LogP contribution < -0.4 is 0 Å². The summed E-state index contributed by atoms with van der Waals surface area (Å²) in [5.74, 6) is 0.664. The molecule has 193 valence electrons. The Hall–Kier alpha value is -4.01. The van der Waals surface area contributed by atoms with Crippen molar-refractivity contribution < 1.29 is 20.1 Å². The second kappa shape index (κ2) is 9.80. The maximum absolute atomic E-state index is 11.5. The molecule has 4 aromatic rings. The van der Waals surface area contributed by atoms with Crippen LogP contribution in [-0.4, -0.2) is 58.5 Å². The van der Waals surface area contributed by atoms with E-state index in [0.29, 0.717) is 22.7 Å². The molecule has 0 unspecified atom stereocenters. The third kappa shape index (κ3) is 4.73. The summed E-state index contributed by atoms with van der Waals surface area (Å²) in [5, 5.41) is 40.3. The number of hydrogen-bond acceptors (Lipinski definition) is 6. The van der Waals surface area contributed by atoms with E-state index in [1.54, 1.807) is 6.07 Å². The summed E-state index contributed by atoms with van der Waals surface area (Å²) < 4.78 is 3.72. The Morgan fingerprint density at radius 3 is 2.51 bits per heavy atom. The first-order valence-electron chi connectivity index (χ1n) is 12.6. The molecule has 9 heteroatoms.